The number of carbonyl (C=O) groups excluding carboxylic acids is 1. The van der Waals surface area contributed by atoms with Crippen molar-refractivity contribution in [3.05, 3.63) is 64.8 Å². The van der Waals surface area contributed by atoms with Crippen molar-refractivity contribution >= 4 is 22.8 Å². The molecule has 1 aromatic heterocycles. The number of carboxylic acid groups (broad SMARTS) is 1. The molecule has 2 aliphatic rings. The summed E-state index contributed by atoms with van der Waals surface area (Å²) in [5, 5.41) is 17.3. The molecule has 1 amide bonds. The number of fused-ring (bicyclic) bond motifs is 1. The number of hydrogen-bond donors (Lipinski definition) is 2. The zero-order valence-electron chi connectivity index (χ0n) is 20.4. The standard InChI is InChI=1S/C28H30F3N3O3/c29-28(30,31)21-9-5-19(6-10-21)16-34-26-22(20-7-8-20)11-12-23(24(26)15-33-34)27(37)32-14-18-3-1-17(2-4-18)13-25(35)36/h5-6,9-12,15,17-18,20H,1-4,7-8,13-14,16H2,(H,32,37)(H,35,36). The van der Waals surface area contributed by atoms with Crippen LogP contribution >= 0.6 is 0 Å². The Morgan fingerprint density at radius 2 is 1.65 bits per heavy atom. The van der Waals surface area contributed by atoms with Crippen molar-refractivity contribution in [2.75, 3.05) is 6.54 Å². The summed E-state index contributed by atoms with van der Waals surface area (Å²) in [5.41, 5.74) is 2.54. The molecule has 0 saturated heterocycles. The van der Waals surface area contributed by atoms with Crippen molar-refractivity contribution in [1.82, 2.24) is 15.1 Å². The van der Waals surface area contributed by atoms with E-state index in [2.05, 4.69) is 10.4 Å². The Kier molecular flexibility index (Phi) is 6.96. The molecule has 1 heterocycles. The average molecular weight is 514 g/mol. The van der Waals surface area contributed by atoms with Crippen molar-refractivity contribution in [1.29, 1.82) is 0 Å². The van der Waals surface area contributed by atoms with E-state index in [1.54, 1.807) is 10.9 Å². The second kappa shape index (κ2) is 10.2. The second-order valence-corrected chi connectivity index (χ2v) is 10.4. The zero-order chi connectivity index (χ0) is 26.2. The third-order valence-electron chi connectivity index (χ3n) is 7.69. The van der Waals surface area contributed by atoms with E-state index in [1.807, 2.05) is 12.1 Å². The van der Waals surface area contributed by atoms with E-state index in [-0.39, 0.29) is 18.2 Å². The molecule has 9 heteroatoms. The van der Waals surface area contributed by atoms with Crippen LogP contribution in [0.4, 0.5) is 13.2 Å². The smallest absolute Gasteiger partial charge is 0.416 e. The van der Waals surface area contributed by atoms with Crippen molar-refractivity contribution in [3.63, 3.8) is 0 Å². The van der Waals surface area contributed by atoms with Gasteiger partial charge in [0.05, 0.1) is 29.4 Å². The lowest BCUT2D eigenvalue weighted by atomic mass is 9.80. The van der Waals surface area contributed by atoms with Gasteiger partial charge in [0.15, 0.2) is 0 Å². The van der Waals surface area contributed by atoms with Gasteiger partial charge in [-0.1, -0.05) is 18.2 Å². The molecule has 6 nitrogen and oxygen atoms in total. The van der Waals surface area contributed by atoms with E-state index < -0.39 is 17.7 Å². The molecule has 0 spiro atoms. The average Bonchev–Trinajstić information content (AvgIpc) is 3.63. The molecular formula is C28H30F3N3O3. The van der Waals surface area contributed by atoms with Gasteiger partial charge in [-0.15, -0.1) is 0 Å². The molecule has 0 aliphatic heterocycles. The number of halogens is 3. The van der Waals surface area contributed by atoms with E-state index >= 15 is 0 Å². The van der Waals surface area contributed by atoms with Crippen LogP contribution in [0.1, 0.15) is 77.9 Å². The third kappa shape index (κ3) is 5.81. The van der Waals surface area contributed by atoms with Crippen molar-refractivity contribution in [3.8, 4) is 0 Å². The van der Waals surface area contributed by atoms with Gasteiger partial charge in [-0.05, 0) is 85.6 Å². The van der Waals surface area contributed by atoms with E-state index in [0.717, 1.165) is 67.1 Å². The summed E-state index contributed by atoms with van der Waals surface area (Å²) in [6.07, 6.45) is 3.17. The molecular weight excluding hydrogens is 483 g/mol. The Labute approximate surface area is 212 Å². The van der Waals surface area contributed by atoms with Gasteiger partial charge < -0.3 is 10.4 Å². The molecule has 37 heavy (non-hydrogen) atoms. The maximum atomic E-state index is 13.2. The van der Waals surface area contributed by atoms with Gasteiger partial charge in [0.2, 0.25) is 0 Å². The minimum Gasteiger partial charge on any atom is -0.481 e. The number of alkyl halides is 3. The van der Waals surface area contributed by atoms with Gasteiger partial charge in [-0.2, -0.15) is 18.3 Å². The second-order valence-electron chi connectivity index (χ2n) is 10.4. The van der Waals surface area contributed by atoms with Gasteiger partial charge in [0, 0.05) is 18.4 Å². The van der Waals surface area contributed by atoms with Gasteiger partial charge >= 0.3 is 12.1 Å². The lowest BCUT2D eigenvalue weighted by Gasteiger charge is -2.27. The molecule has 5 rings (SSSR count). The van der Waals surface area contributed by atoms with E-state index in [0.29, 0.717) is 36.1 Å². The van der Waals surface area contributed by atoms with Crippen LogP contribution in [0, 0.1) is 11.8 Å². The van der Waals surface area contributed by atoms with Gasteiger partial charge in [-0.3, -0.25) is 14.3 Å². The van der Waals surface area contributed by atoms with Crippen LogP contribution in [0.3, 0.4) is 0 Å². The first kappa shape index (κ1) is 25.3. The van der Waals surface area contributed by atoms with Crippen molar-refractivity contribution in [2.24, 2.45) is 11.8 Å². The summed E-state index contributed by atoms with van der Waals surface area (Å²) in [6.45, 7) is 0.857. The Hall–Kier alpha value is -3.36. The number of benzene rings is 2. The minimum absolute atomic E-state index is 0.172. The summed E-state index contributed by atoms with van der Waals surface area (Å²) in [6, 6.07) is 8.92. The fraction of sp³-hybridized carbons (Fsp3) is 0.464. The predicted molar refractivity (Wildman–Crippen MR) is 132 cm³/mol. The predicted octanol–water partition coefficient (Wildman–Crippen LogP) is 5.99. The molecule has 0 radical (unpaired) electrons. The lowest BCUT2D eigenvalue weighted by molar-refractivity contribution is -0.139. The minimum atomic E-state index is -4.38. The van der Waals surface area contributed by atoms with Crippen LogP contribution in [0.15, 0.2) is 42.6 Å². The van der Waals surface area contributed by atoms with Gasteiger partial charge in [0.25, 0.3) is 5.91 Å². The molecule has 0 unspecified atom stereocenters. The summed E-state index contributed by atoms with van der Waals surface area (Å²) in [5.74, 6) is 0.0270. The Morgan fingerprint density at radius 1 is 0.973 bits per heavy atom. The SMILES string of the molecule is O=C(O)CC1CCC(CNC(=O)c2ccc(C3CC3)c3c2cnn3Cc2ccc(C(F)(F)F)cc2)CC1. The summed E-state index contributed by atoms with van der Waals surface area (Å²) in [4.78, 5) is 24.1. The first-order valence-electron chi connectivity index (χ1n) is 12.8. The zero-order valence-corrected chi connectivity index (χ0v) is 20.4. The number of carboxylic acids is 1. The number of rotatable bonds is 8. The maximum Gasteiger partial charge on any atom is 0.416 e. The quantitative estimate of drug-likeness (QED) is 0.388. The number of nitrogens with zero attached hydrogens (tertiary/aromatic N) is 2. The van der Waals surface area contributed by atoms with E-state index in [9.17, 15) is 22.8 Å². The molecule has 2 aromatic carbocycles. The van der Waals surface area contributed by atoms with Gasteiger partial charge in [0.1, 0.15) is 0 Å². The first-order valence-corrected chi connectivity index (χ1v) is 12.8. The molecule has 196 valence electrons. The fourth-order valence-corrected chi connectivity index (χ4v) is 5.46. The molecule has 2 aliphatic carbocycles. The van der Waals surface area contributed by atoms with Crippen molar-refractivity contribution < 1.29 is 27.9 Å². The number of amides is 1. The normalized spacial score (nSPS) is 20.2. The molecule has 3 aromatic rings. The highest BCUT2D eigenvalue weighted by molar-refractivity contribution is 6.07. The number of nitrogens with one attached hydrogen (secondary N) is 1. The maximum absolute atomic E-state index is 13.2. The monoisotopic (exact) mass is 513 g/mol. The van der Waals surface area contributed by atoms with Crippen LogP contribution in [0.5, 0.6) is 0 Å². The van der Waals surface area contributed by atoms with Crippen molar-refractivity contribution in [2.45, 2.75) is 63.6 Å². The first-order chi connectivity index (χ1) is 17.7. The highest BCUT2D eigenvalue weighted by Gasteiger charge is 2.31. The van der Waals surface area contributed by atoms with Crippen LogP contribution in [0.25, 0.3) is 10.9 Å². The lowest BCUT2D eigenvalue weighted by Crippen LogP contribution is -2.31. The number of aliphatic carboxylic acids is 1. The van der Waals surface area contributed by atoms with Crippen LogP contribution in [0.2, 0.25) is 0 Å². The fourth-order valence-electron chi connectivity index (χ4n) is 5.46. The molecule has 0 bridgehead atoms. The highest BCUT2D eigenvalue weighted by Crippen LogP contribution is 2.44. The topological polar surface area (TPSA) is 84.2 Å². The molecule has 2 saturated carbocycles. The Morgan fingerprint density at radius 3 is 2.27 bits per heavy atom. The Balaban J connectivity index is 1.31. The van der Waals surface area contributed by atoms with E-state index in [1.165, 1.54) is 12.1 Å². The molecule has 2 N–H and O–H groups in total. The molecule has 2 fully saturated rings. The number of aromatic nitrogens is 2. The van der Waals surface area contributed by atoms with Crippen LogP contribution in [-0.4, -0.2) is 33.3 Å². The number of carbonyl (C=O) groups is 2. The highest BCUT2D eigenvalue weighted by atomic mass is 19.4. The molecule has 0 atom stereocenters. The van der Waals surface area contributed by atoms with Gasteiger partial charge in [-0.25, -0.2) is 0 Å². The summed E-state index contributed by atoms with van der Waals surface area (Å²) < 4.78 is 40.6. The van der Waals surface area contributed by atoms with Crippen LogP contribution < -0.4 is 5.32 Å². The summed E-state index contributed by atoms with van der Waals surface area (Å²) >= 11 is 0. The Bertz CT molecular complexity index is 1290. The largest absolute Gasteiger partial charge is 0.481 e. The van der Waals surface area contributed by atoms with Crippen LogP contribution in [-0.2, 0) is 17.5 Å². The number of hydrogen-bond acceptors (Lipinski definition) is 3. The third-order valence-corrected chi connectivity index (χ3v) is 7.69. The summed E-state index contributed by atoms with van der Waals surface area (Å²) in [7, 11) is 0. The van der Waals surface area contributed by atoms with E-state index in [4.69, 9.17) is 5.11 Å².